The molecular weight excluding hydrogens is 368 g/mol. The maximum absolute atomic E-state index is 12.9. The molecule has 2 amide bonds. The van der Waals surface area contributed by atoms with Gasteiger partial charge in [0.2, 0.25) is 11.8 Å². The van der Waals surface area contributed by atoms with Crippen LogP contribution in [0.2, 0.25) is 0 Å². The zero-order chi connectivity index (χ0) is 20.1. The summed E-state index contributed by atoms with van der Waals surface area (Å²) in [6.07, 6.45) is 4.24. The van der Waals surface area contributed by atoms with Gasteiger partial charge in [-0.25, -0.2) is 0 Å². The molecule has 0 radical (unpaired) electrons. The molecule has 5 heteroatoms. The van der Waals surface area contributed by atoms with Crippen LogP contribution in [0.15, 0.2) is 48.4 Å². The summed E-state index contributed by atoms with van der Waals surface area (Å²) in [6.45, 7) is 8.19. The summed E-state index contributed by atoms with van der Waals surface area (Å²) >= 11 is 1.73. The first kappa shape index (κ1) is 20.3. The highest BCUT2D eigenvalue weighted by molar-refractivity contribution is 7.10. The van der Waals surface area contributed by atoms with Crippen LogP contribution in [0.1, 0.15) is 66.1 Å². The van der Waals surface area contributed by atoms with E-state index in [9.17, 15) is 9.59 Å². The predicted molar refractivity (Wildman–Crippen MR) is 115 cm³/mol. The van der Waals surface area contributed by atoms with Crippen molar-refractivity contribution in [2.75, 3.05) is 6.54 Å². The Labute approximate surface area is 171 Å². The smallest absolute Gasteiger partial charge is 0.243 e. The molecule has 1 aliphatic rings. The molecule has 4 nitrogen and oxygen atoms in total. The van der Waals surface area contributed by atoms with E-state index in [0.717, 1.165) is 24.8 Å². The van der Waals surface area contributed by atoms with Crippen LogP contribution in [-0.4, -0.2) is 18.4 Å². The van der Waals surface area contributed by atoms with E-state index in [1.54, 1.807) is 11.3 Å². The number of carbonyl (C=O) groups excluding carboxylic acids is 2. The number of nitrogens with one attached hydrogen (secondary N) is 2. The Bertz CT molecular complexity index is 839. The number of carbonyl (C=O) groups is 2. The monoisotopic (exact) mass is 396 g/mol. The minimum atomic E-state index is -0.291. The highest BCUT2D eigenvalue weighted by atomic mass is 32.1. The van der Waals surface area contributed by atoms with Crippen molar-refractivity contribution in [3.05, 3.63) is 69.9 Å². The lowest BCUT2D eigenvalue weighted by atomic mass is 9.87. The summed E-state index contributed by atoms with van der Waals surface area (Å²) in [5, 5.41) is 8.07. The molecule has 0 spiro atoms. The fourth-order valence-corrected chi connectivity index (χ4v) is 4.67. The Morgan fingerprint density at radius 2 is 1.93 bits per heavy atom. The van der Waals surface area contributed by atoms with Crippen LogP contribution in [0.25, 0.3) is 0 Å². The zero-order valence-corrected chi connectivity index (χ0v) is 17.4. The van der Waals surface area contributed by atoms with E-state index in [1.807, 2.05) is 12.1 Å². The predicted octanol–water partition coefficient (Wildman–Crippen LogP) is 4.45. The quantitative estimate of drug-likeness (QED) is 0.679. The fourth-order valence-electron chi connectivity index (χ4n) is 3.68. The molecule has 0 fully saturated rings. The van der Waals surface area contributed by atoms with Gasteiger partial charge in [0, 0.05) is 11.4 Å². The maximum atomic E-state index is 12.9. The second-order valence-corrected chi connectivity index (χ2v) is 8.58. The van der Waals surface area contributed by atoms with Crippen molar-refractivity contribution in [1.82, 2.24) is 10.6 Å². The average Bonchev–Trinajstić information content (AvgIpc) is 3.19. The number of hydrogen-bond acceptors (Lipinski definition) is 3. The van der Waals surface area contributed by atoms with Crippen molar-refractivity contribution in [3.63, 3.8) is 0 Å². The van der Waals surface area contributed by atoms with Crippen molar-refractivity contribution in [3.8, 4) is 0 Å². The summed E-state index contributed by atoms with van der Waals surface area (Å²) in [5.74, 6) is 0.149. The van der Waals surface area contributed by atoms with Crippen LogP contribution in [0.5, 0.6) is 0 Å². The summed E-state index contributed by atoms with van der Waals surface area (Å²) in [6, 6.07) is 9.98. The van der Waals surface area contributed by atoms with E-state index in [2.05, 4.69) is 54.6 Å². The highest BCUT2D eigenvalue weighted by Gasteiger charge is 2.27. The molecule has 1 aromatic heterocycles. The van der Waals surface area contributed by atoms with Gasteiger partial charge in [-0.2, -0.15) is 0 Å². The first-order valence-corrected chi connectivity index (χ1v) is 10.7. The number of amides is 2. The van der Waals surface area contributed by atoms with Gasteiger partial charge in [0.1, 0.15) is 0 Å². The van der Waals surface area contributed by atoms with Crippen LogP contribution in [0.3, 0.4) is 0 Å². The molecule has 3 rings (SSSR count). The van der Waals surface area contributed by atoms with E-state index in [1.165, 1.54) is 22.1 Å². The highest BCUT2D eigenvalue weighted by Crippen LogP contribution is 2.35. The minimum Gasteiger partial charge on any atom is -0.353 e. The molecule has 1 heterocycles. The van der Waals surface area contributed by atoms with Crippen molar-refractivity contribution in [2.24, 2.45) is 0 Å². The molecule has 1 aromatic carbocycles. The van der Waals surface area contributed by atoms with Crippen LogP contribution >= 0.6 is 11.3 Å². The SMILES string of the molecule is C=CC(=O)NC(CNC(=O)C1CCCc2sccc21)c1ccc(C(C)C)cc1. The van der Waals surface area contributed by atoms with Crippen LogP contribution in [0, 0.1) is 0 Å². The van der Waals surface area contributed by atoms with Gasteiger partial charge < -0.3 is 10.6 Å². The average molecular weight is 397 g/mol. The summed E-state index contributed by atoms with van der Waals surface area (Å²) in [7, 11) is 0. The number of benzene rings is 1. The van der Waals surface area contributed by atoms with Gasteiger partial charge >= 0.3 is 0 Å². The molecule has 1 aliphatic carbocycles. The van der Waals surface area contributed by atoms with E-state index < -0.39 is 0 Å². The first-order valence-electron chi connectivity index (χ1n) is 9.86. The lowest BCUT2D eigenvalue weighted by molar-refractivity contribution is -0.123. The molecule has 148 valence electrons. The molecule has 0 aliphatic heterocycles. The third-order valence-corrected chi connectivity index (χ3v) is 6.35. The molecule has 2 atom stereocenters. The Hall–Kier alpha value is -2.40. The Morgan fingerprint density at radius 1 is 1.21 bits per heavy atom. The molecule has 2 N–H and O–H groups in total. The Kier molecular flexibility index (Phi) is 6.68. The number of fused-ring (bicyclic) bond motifs is 1. The second kappa shape index (κ2) is 9.20. The molecule has 0 saturated heterocycles. The van der Waals surface area contributed by atoms with E-state index >= 15 is 0 Å². The van der Waals surface area contributed by atoms with Gasteiger partial charge in [0.05, 0.1) is 12.0 Å². The van der Waals surface area contributed by atoms with E-state index in [0.29, 0.717) is 12.5 Å². The summed E-state index contributed by atoms with van der Waals surface area (Å²) < 4.78 is 0. The molecule has 2 unspecified atom stereocenters. The van der Waals surface area contributed by atoms with Gasteiger partial charge in [0.25, 0.3) is 0 Å². The van der Waals surface area contributed by atoms with Gasteiger partial charge in [0.15, 0.2) is 0 Å². The minimum absolute atomic E-state index is 0.0380. The summed E-state index contributed by atoms with van der Waals surface area (Å²) in [4.78, 5) is 26.1. The molecule has 2 aromatic rings. The van der Waals surface area contributed by atoms with Gasteiger partial charge in [-0.1, -0.05) is 44.7 Å². The lowest BCUT2D eigenvalue weighted by Crippen LogP contribution is -2.39. The number of aryl methyl sites for hydroxylation is 1. The molecule has 0 saturated carbocycles. The van der Waals surface area contributed by atoms with E-state index in [4.69, 9.17) is 0 Å². The van der Waals surface area contributed by atoms with Crippen molar-refractivity contribution >= 4 is 23.2 Å². The number of rotatable bonds is 7. The van der Waals surface area contributed by atoms with Crippen molar-refractivity contribution in [1.29, 1.82) is 0 Å². The molecular formula is C23H28N2O2S. The van der Waals surface area contributed by atoms with Crippen molar-refractivity contribution in [2.45, 2.75) is 51.0 Å². The molecule has 28 heavy (non-hydrogen) atoms. The van der Waals surface area contributed by atoms with Gasteiger partial charge in [-0.3, -0.25) is 9.59 Å². The topological polar surface area (TPSA) is 58.2 Å². The van der Waals surface area contributed by atoms with Crippen LogP contribution in [-0.2, 0) is 16.0 Å². The molecule has 0 bridgehead atoms. The summed E-state index contributed by atoms with van der Waals surface area (Å²) in [5.41, 5.74) is 3.38. The van der Waals surface area contributed by atoms with E-state index in [-0.39, 0.29) is 23.8 Å². The van der Waals surface area contributed by atoms with Crippen LogP contribution < -0.4 is 10.6 Å². The second-order valence-electron chi connectivity index (χ2n) is 7.58. The fraction of sp³-hybridized carbons (Fsp3) is 0.391. The maximum Gasteiger partial charge on any atom is 0.243 e. The van der Waals surface area contributed by atoms with Crippen molar-refractivity contribution < 1.29 is 9.59 Å². The standard InChI is InChI=1S/C23H28N2O2S/c1-4-22(26)25-20(17-10-8-16(9-11-17)15(2)3)14-24-23(27)19-6-5-7-21-18(19)12-13-28-21/h4,8-13,15,19-20H,1,5-7,14H2,2-3H3,(H,24,27)(H,25,26). The van der Waals surface area contributed by atoms with Crippen LogP contribution in [0.4, 0.5) is 0 Å². The Balaban J connectivity index is 1.70. The third kappa shape index (κ3) is 4.71. The first-order chi connectivity index (χ1) is 13.5. The normalized spacial score (nSPS) is 16.9. The lowest BCUT2D eigenvalue weighted by Gasteiger charge is -2.24. The zero-order valence-electron chi connectivity index (χ0n) is 16.5. The van der Waals surface area contributed by atoms with Gasteiger partial charge in [-0.05, 0) is 59.4 Å². The van der Waals surface area contributed by atoms with Gasteiger partial charge in [-0.15, -0.1) is 11.3 Å². The Morgan fingerprint density at radius 3 is 2.61 bits per heavy atom. The third-order valence-electron chi connectivity index (χ3n) is 5.36. The largest absolute Gasteiger partial charge is 0.353 e. The number of hydrogen-bond donors (Lipinski definition) is 2. The number of thiophene rings is 1.